The average Bonchev–Trinajstić information content (AvgIpc) is 2.90. The first kappa shape index (κ1) is 15.3. The van der Waals surface area contributed by atoms with Crippen LogP contribution in [0.4, 0.5) is 10.9 Å². The number of nitrogens with two attached hydrogens (primary N) is 1. The molecule has 0 saturated carbocycles. The highest BCUT2D eigenvalue weighted by molar-refractivity contribution is 7.14. The van der Waals surface area contributed by atoms with Crippen LogP contribution in [0.15, 0.2) is 15.0 Å². The molecule has 0 bridgehead atoms. The molecule has 3 N–H and O–H groups in total. The van der Waals surface area contributed by atoms with Gasteiger partial charge in [0.15, 0.2) is 5.13 Å². The number of hydrogen-bond donors (Lipinski definition) is 2. The van der Waals surface area contributed by atoms with Gasteiger partial charge in [-0.1, -0.05) is 6.92 Å². The van der Waals surface area contributed by atoms with E-state index in [9.17, 15) is 9.59 Å². The summed E-state index contributed by atoms with van der Waals surface area (Å²) in [4.78, 5) is 28.8. The van der Waals surface area contributed by atoms with Gasteiger partial charge in [0.2, 0.25) is 0 Å². The van der Waals surface area contributed by atoms with Crippen molar-refractivity contribution in [3.8, 4) is 11.3 Å². The smallest absolute Gasteiger partial charge is 0.332 e. The van der Waals surface area contributed by atoms with Crippen LogP contribution >= 0.6 is 11.3 Å². The van der Waals surface area contributed by atoms with E-state index >= 15 is 0 Å². The largest absolute Gasteiger partial charge is 0.384 e. The van der Waals surface area contributed by atoms with Crippen LogP contribution in [0.5, 0.6) is 0 Å². The van der Waals surface area contributed by atoms with E-state index in [0.29, 0.717) is 12.2 Å². The van der Waals surface area contributed by atoms with E-state index in [-0.39, 0.29) is 11.4 Å². The molecule has 0 aliphatic carbocycles. The quantitative estimate of drug-likeness (QED) is 0.862. The van der Waals surface area contributed by atoms with Crippen molar-refractivity contribution < 1.29 is 0 Å². The highest BCUT2D eigenvalue weighted by atomic mass is 32.1. The topological polar surface area (TPSA) is 94.9 Å². The number of nitrogen functional groups attached to an aromatic ring is 1. The number of aromatic nitrogens is 3. The summed E-state index contributed by atoms with van der Waals surface area (Å²) in [6.45, 7) is 5.13. The Morgan fingerprint density at radius 3 is 2.71 bits per heavy atom. The minimum atomic E-state index is -0.418. The SMILES string of the molecule is CCCn1c(N)c(-c2csc(NCC)n2)c(=O)n(C)c1=O. The molecule has 0 atom stereocenters. The van der Waals surface area contributed by atoms with Gasteiger partial charge in [-0.05, 0) is 13.3 Å². The summed E-state index contributed by atoms with van der Waals surface area (Å²) < 4.78 is 2.50. The summed E-state index contributed by atoms with van der Waals surface area (Å²) in [6.07, 6.45) is 0.751. The maximum atomic E-state index is 12.3. The van der Waals surface area contributed by atoms with Gasteiger partial charge in [0, 0.05) is 25.5 Å². The Hall–Kier alpha value is -2.09. The molecule has 0 aromatic carbocycles. The number of thiazole rings is 1. The lowest BCUT2D eigenvalue weighted by Crippen LogP contribution is -2.40. The normalized spacial score (nSPS) is 10.8. The fourth-order valence-electron chi connectivity index (χ4n) is 2.08. The third kappa shape index (κ3) is 2.71. The van der Waals surface area contributed by atoms with E-state index in [1.54, 1.807) is 5.38 Å². The molecule has 0 spiro atoms. The first-order valence-electron chi connectivity index (χ1n) is 6.80. The van der Waals surface area contributed by atoms with Gasteiger partial charge < -0.3 is 11.1 Å². The molecule has 8 heteroatoms. The molecule has 0 aliphatic rings. The van der Waals surface area contributed by atoms with Gasteiger partial charge in [0.1, 0.15) is 11.4 Å². The molecule has 2 aromatic rings. The van der Waals surface area contributed by atoms with Crippen LogP contribution < -0.4 is 22.3 Å². The van der Waals surface area contributed by atoms with Crippen LogP contribution in [-0.4, -0.2) is 20.7 Å². The second-order valence-electron chi connectivity index (χ2n) is 4.63. The second kappa shape index (κ2) is 6.13. The Morgan fingerprint density at radius 1 is 1.38 bits per heavy atom. The van der Waals surface area contributed by atoms with E-state index in [1.807, 2.05) is 13.8 Å². The highest BCUT2D eigenvalue weighted by Gasteiger charge is 2.18. The summed E-state index contributed by atoms with van der Waals surface area (Å²) in [5.41, 5.74) is 6.02. The Morgan fingerprint density at radius 2 is 2.10 bits per heavy atom. The van der Waals surface area contributed by atoms with Crippen LogP contribution in [0.1, 0.15) is 20.3 Å². The van der Waals surface area contributed by atoms with Gasteiger partial charge in [-0.2, -0.15) is 0 Å². The van der Waals surface area contributed by atoms with Crippen molar-refractivity contribution in [2.75, 3.05) is 17.6 Å². The monoisotopic (exact) mass is 309 g/mol. The molecule has 2 aromatic heterocycles. The van der Waals surface area contributed by atoms with E-state index in [0.717, 1.165) is 22.7 Å². The predicted molar refractivity (Wildman–Crippen MR) is 85.9 cm³/mol. The van der Waals surface area contributed by atoms with Gasteiger partial charge >= 0.3 is 5.69 Å². The molecule has 7 nitrogen and oxygen atoms in total. The Bertz CT molecular complexity index is 759. The van der Waals surface area contributed by atoms with Crippen molar-refractivity contribution in [2.45, 2.75) is 26.8 Å². The number of rotatable bonds is 5. The van der Waals surface area contributed by atoms with E-state index in [4.69, 9.17) is 5.73 Å². The number of nitrogens with zero attached hydrogens (tertiary/aromatic N) is 3. The molecule has 0 fully saturated rings. The third-order valence-electron chi connectivity index (χ3n) is 3.12. The molecule has 0 amide bonds. The van der Waals surface area contributed by atoms with Crippen molar-refractivity contribution >= 4 is 22.3 Å². The third-order valence-corrected chi connectivity index (χ3v) is 3.92. The molecule has 2 heterocycles. The molecule has 0 unspecified atom stereocenters. The summed E-state index contributed by atoms with van der Waals surface area (Å²) in [6, 6.07) is 0. The van der Waals surface area contributed by atoms with Crippen molar-refractivity contribution in [3.63, 3.8) is 0 Å². The predicted octanol–water partition coefficient (Wildman–Crippen LogP) is 1.09. The minimum absolute atomic E-state index is 0.179. The second-order valence-corrected chi connectivity index (χ2v) is 5.48. The van der Waals surface area contributed by atoms with E-state index in [1.165, 1.54) is 23.0 Å². The first-order chi connectivity index (χ1) is 10.0. The van der Waals surface area contributed by atoms with Gasteiger partial charge in [-0.15, -0.1) is 11.3 Å². The van der Waals surface area contributed by atoms with Gasteiger partial charge in [0.05, 0.1) is 5.69 Å². The van der Waals surface area contributed by atoms with Gasteiger partial charge in [0.25, 0.3) is 5.56 Å². The van der Waals surface area contributed by atoms with Crippen LogP contribution in [0.25, 0.3) is 11.3 Å². The van der Waals surface area contributed by atoms with E-state index < -0.39 is 11.2 Å². The lowest BCUT2D eigenvalue weighted by molar-refractivity contribution is 0.600. The molecule has 114 valence electrons. The zero-order valence-electron chi connectivity index (χ0n) is 12.3. The molecule has 0 radical (unpaired) electrons. The number of anilines is 2. The van der Waals surface area contributed by atoms with Crippen LogP contribution in [0, 0.1) is 0 Å². The van der Waals surface area contributed by atoms with Crippen molar-refractivity contribution in [1.29, 1.82) is 0 Å². The molecular weight excluding hydrogens is 290 g/mol. The summed E-state index contributed by atoms with van der Waals surface area (Å²) in [5.74, 6) is 0.179. The fourth-order valence-corrected chi connectivity index (χ4v) is 2.86. The summed E-state index contributed by atoms with van der Waals surface area (Å²) >= 11 is 1.40. The lowest BCUT2D eigenvalue weighted by atomic mass is 10.2. The number of nitrogens with one attached hydrogen (secondary N) is 1. The van der Waals surface area contributed by atoms with Crippen molar-refractivity contribution in [3.05, 3.63) is 26.2 Å². The maximum Gasteiger partial charge on any atom is 0.332 e. The minimum Gasteiger partial charge on any atom is -0.384 e. The Kier molecular flexibility index (Phi) is 4.46. The van der Waals surface area contributed by atoms with Gasteiger partial charge in [-0.3, -0.25) is 13.9 Å². The Labute approximate surface area is 126 Å². The maximum absolute atomic E-state index is 12.3. The summed E-state index contributed by atoms with van der Waals surface area (Å²) in [5, 5.41) is 5.59. The molecular formula is C13H19N5O2S. The standard InChI is InChI=1S/C13H19N5O2S/c1-4-6-18-10(14)9(11(19)17(3)13(18)20)8-7-21-12(16-8)15-5-2/h7H,4-6,14H2,1-3H3,(H,15,16). The first-order valence-corrected chi connectivity index (χ1v) is 7.68. The Balaban J connectivity index is 2.67. The zero-order valence-corrected chi connectivity index (χ0v) is 13.2. The van der Waals surface area contributed by atoms with Crippen LogP contribution in [-0.2, 0) is 13.6 Å². The van der Waals surface area contributed by atoms with Crippen LogP contribution in [0.2, 0.25) is 0 Å². The molecule has 21 heavy (non-hydrogen) atoms. The zero-order chi connectivity index (χ0) is 15.6. The molecule has 2 rings (SSSR count). The molecule has 0 saturated heterocycles. The average molecular weight is 309 g/mol. The van der Waals surface area contributed by atoms with Crippen LogP contribution in [0.3, 0.4) is 0 Å². The number of hydrogen-bond acceptors (Lipinski definition) is 6. The lowest BCUT2D eigenvalue weighted by Gasteiger charge is -2.13. The molecule has 0 aliphatic heterocycles. The summed E-state index contributed by atoms with van der Waals surface area (Å²) in [7, 11) is 1.46. The van der Waals surface area contributed by atoms with E-state index in [2.05, 4.69) is 10.3 Å². The van der Waals surface area contributed by atoms with Crippen molar-refractivity contribution in [2.24, 2.45) is 7.05 Å². The fraction of sp³-hybridized carbons (Fsp3) is 0.462. The van der Waals surface area contributed by atoms with Crippen molar-refractivity contribution in [1.82, 2.24) is 14.1 Å². The highest BCUT2D eigenvalue weighted by Crippen LogP contribution is 2.25. The van der Waals surface area contributed by atoms with Gasteiger partial charge in [-0.25, -0.2) is 9.78 Å².